The fourth-order valence-electron chi connectivity index (χ4n) is 3.90. The van der Waals surface area contributed by atoms with E-state index in [0.29, 0.717) is 40.0 Å². The SMILES string of the molecule is COc1cc(F)c(-c2cccc3c(N)c4c(nc23)CN(C2CC2)C4=O)c(F)c1. The number of carbonyl (C=O) groups excluding carboxylic acids is 1. The van der Waals surface area contributed by atoms with Crippen LogP contribution in [0.5, 0.6) is 5.75 Å². The number of ether oxygens (including phenoxy) is 1. The van der Waals surface area contributed by atoms with E-state index in [1.165, 1.54) is 7.11 Å². The van der Waals surface area contributed by atoms with E-state index in [2.05, 4.69) is 4.98 Å². The lowest BCUT2D eigenvalue weighted by Crippen LogP contribution is -2.26. The molecule has 1 saturated carbocycles. The zero-order valence-electron chi connectivity index (χ0n) is 15.1. The highest BCUT2D eigenvalue weighted by Crippen LogP contribution is 2.41. The van der Waals surface area contributed by atoms with Gasteiger partial charge in [-0.2, -0.15) is 0 Å². The summed E-state index contributed by atoms with van der Waals surface area (Å²) in [6.45, 7) is 0.376. The molecule has 1 amide bonds. The molecule has 2 N–H and O–H groups in total. The maximum absolute atomic E-state index is 14.7. The van der Waals surface area contributed by atoms with Crippen molar-refractivity contribution < 1.29 is 18.3 Å². The van der Waals surface area contributed by atoms with Crippen LogP contribution in [0.2, 0.25) is 0 Å². The molecule has 5 nitrogen and oxygen atoms in total. The standard InChI is InChI=1S/C21H17F2N3O2/c1-28-11-7-14(22)17(15(23)8-11)12-3-2-4-13-19(24)18-16(25-20(12)13)9-26(21(18)27)10-5-6-10/h2-4,7-8,10H,5-6,9H2,1H3,(H2,24,25). The maximum Gasteiger partial charge on any atom is 0.258 e. The number of anilines is 1. The van der Waals surface area contributed by atoms with Gasteiger partial charge < -0.3 is 15.4 Å². The Labute approximate surface area is 159 Å². The van der Waals surface area contributed by atoms with Crippen molar-refractivity contribution >= 4 is 22.5 Å². The summed E-state index contributed by atoms with van der Waals surface area (Å²) < 4.78 is 34.3. The number of hydrogen-bond donors (Lipinski definition) is 1. The van der Waals surface area contributed by atoms with E-state index in [4.69, 9.17) is 10.5 Å². The zero-order valence-corrected chi connectivity index (χ0v) is 15.1. The van der Waals surface area contributed by atoms with Crippen LogP contribution in [0.4, 0.5) is 14.5 Å². The van der Waals surface area contributed by atoms with Crippen molar-refractivity contribution in [2.75, 3.05) is 12.8 Å². The first-order chi connectivity index (χ1) is 13.5. The summed E-state index contributed by atoms with van der Waals surface area (Å²) in [5.41, 5.74) is 8.08. The number of carbonyl (C=O) groups is 1. The van der Waals surface area contributed by atoms with Crippen molar-refractivity contribution in [3.63, 3.8) is 0 Å². The highest BCUT2D eigenvalue weighted by Gasteiger charge is 2.40. The Hall–Kier alpha value is -3.22. The van der Waals surface area contributed by atoms with Gasteiger partial charge in [-0.15, -0.1) is 0 Å². The number of rotatable bonds is 3. The van der Waals surface area contributed by atoms with Crippen LogP contribution in [-0.4, -0.2) is 28.9 Å². The van der Waals surface area contributed by atoms with Crippen LogP contribution in [0, 0.1) is 11.6 Å². The monoisotopic (exact) mass is 381 g/mol. The van der Waals surface area contributed by atoms with Crippen molar-refractivity contribution in [2.24, 2.45) is 0 Å². The van der Waals surface area contributed by atoms with Crippen molar-refractivity contribution in [3.05, 3.63) is 53.2 Å². The van der Waals surface area contributed by atoms with E-state index in [-0.39, 0.29) is 23.3 Å². The van der Waals surface area contributed by atoms with Crippen molar-refractivity contribution in [2.45, 2.75) is 25.4 Å². The highest BCUT2D eigenvalue weighted by atomic mass is 19.1. The lowest BCUT2D eigenvalue weighted by atomic mass is 9.98. The maximum atomic E-state index is 14.7. The summed E-state index contributed by atoms with van der Waals surface area (Å²) in [6, 6.07) is 7.47. The third-order valence-corrected chi connectivity index (χ3v) is 5.43. The number of pyridine rings is 1. The number of aromatic nitrogens is 1. The topological polar surface area (TPSA) is 68.5 Å². The van der Waals surface area contributed by atoms with E-state index in [0.717, 1.165) is 25.0 Å². The van der Waals surface area contributed by atoms with Crippen LogP contribution in [0.1, 0.15) is 28.9 Å². The highest BCUT2D eigenvalue weighted by molar-refractivity contribution is 6.11. The Bertz CT molecular complexity index is 1140. The smallest absolute Gasteiger partial charge is 0.258 e. The Balaban J connectivity index is 1.75. The second-order valence-corrected chi connectivity index (χ2v) is 7.18. The summed E-state index contributed by atoms with van der Waals surface area (Å²) in [4.78, 5) is 19.1. The molecule has 2 aliphatic rings. The molecule has 3 aromatic rings. The zero-order chi connectivity index (χ0) is 19.6. The summed E-state index contributed by atoms with van der Waals surface area (Å²) in [6.07, 6.45) is 1.96. The second kappa shape index (κ2) is 5.89. The van der Waals surface area contributed by atoms with Crippen LogP contribution in [0.3, 0.4) is 0 Å². The molecular formula is C21H17F2N3O2. The molecule has 0 spiro atoms. The minimum atomic E-state index is -0.749. The number of halogens is 2. The number of hydrogen-bond acceptors (Lipinski definition) is 4. The fraction of sp³-hybridized carbons (Fsp3) is 0.238. The van der Waals surface area contributed by atoms with Crippen LogP contribution in [-0.2, 0) is 6.54 Å². The predicted molar refractivity (Wildman–Crippen MR) is 101 cm³/mol. The van der Waals surface area contributed by atoms with Gasteiger partial charge >= 0.3 is 0 Å². The molecule has 7 heteroatoms. The molecular weight excluding hydrogens is 364 g/mol. The average Bonchev–Trinajstić information content (AvgIpc) is 3.45. The largest absolute Gasteiger partial charge is 0.497 e. The number of fused-ring (bicyclic) bond motifs is 2. The molecule has 1 aliphatic carbocycles. The van der Waals surface area contributed by atoms with Gasteiger partial charge in [0.25, 0.3) is 5.91 Å². The van der Waals surface area contributed by atoms with Crippen LogP contribution < -0.4 is 10.5 Å². The van der Waals surface area contributed by atoms with Gasteiger partial charge in [-0.3, -0.25) is 4.79 Å². The van der Waals surface area contributed by atoms with Gasteiger partial charge in [-0.1, -0.05) is 18.2 Å². The van der Waals surface area contributed by atoms with E-state index >= 15 is 0 Å². The molecule has 1 aromatic heterocycles. The van der Waals surface area contributed by atoms with E-state index in [1.54, 1.807) is 23.1 Å². The van der Waals surface area contributed by atoms with Crippen LogP contribution in [0.25, 0.3) is 22.0 Å². The van der Waals surface area contributed by atoms with Gasteiger partial charge in [-0.05, 0) is 12.8 Å². The molecule has 1 aliphatic heterocycles. The molecule has 0 atom stereocenters. The third-order valence-electron chi connectivity index (χ3n) is 5.43. The van der Waals surface area contributed by atoms with Gasteiger partial charge in [0.1, 0.15) is 17.4 Å². The number of benzene rings is 2. The van der Waals surface area contributed by atoms with Gasteiger partial charge in [0.05, 0.1) is 41.7 Å². The lowest BCUT2D eigenvalue weighted by molar-refractivity contribution is 0.0767. The average molecular weight is 381 g/mol. The van der Waals surface area contributed by atoms with Crippen molar-refractivity contribution in [1.82, 2.24) is 9.88 Å². The molecule has 0 radical (unpaired) electrons. The molecule has 2 aromatic carbocycles. The number of methoxy groups -OCH3 is 1. The second-order valence-electron chi connectivity index (χ2n) is 7.18. The first kappa shape index (κ1) is 16.9. The number of amides is 1. The van der Waals surface area contributed by atoms with E-state index < -0.39 is 11.6 Å². The first-order valence-electron chi connectivity index (χ1n) is 9.05. The Morgan fingerprint density at radius 3 is 2.54 bits per heavy atom. The number of para-hydroxylation sites is 1. The first-order valence-corrected chi connectivity index (χ1v) is 9.05. The Kier molecular flexibility index (Phi) is 3.56. The molecule has 0 saturated heterocycles. The third kappa shape index (κ3) is 2.35. The molecule has 0 bridgehead atoms. The molecule has 28 heavy (non-hydrogen) atoms. The Morgan fingerprint density at radius 2 is 1.89 bits per heavy atom. The summed E-state index contributed by atoms with van der Waals surface area (Å²) in [5, 5.41) is 0.511. The van der Waals surface area contributed by atoms with Crippen molar-refractivity contribution in [1.29, 1.82) is 0 Å². The summed E-state index contributed by atoms with van der Waals surface area (Å²) >= 11 is 0. The summed E-state index contributed by atoms with van der Waals surface area (Å²) in [7, 11) is 1.35. The quantitative estimate of drug-likeness (QED) is 0.747. The van der Waals surface area contributed by atoms with Crippen molar-refractivity contribution in [3.8, 4) is 16.9 Å². The van der Waals surface area contributed by atoms with Crippen LogP contribution >= 0.6 is 0 Å². The number of nitrogen functional groups attached to an aromatic ring is 1. The minimum absolute atomic E-state index is 0.0954. The molecule has 0 unspecified atom stereocenters. The van der Waals surface area contributed by atoms with Gasteiger partial charge in [0.15, 0.2) is 0 Å². The lowest BCUT2D eigenvalue weighted by Gasteiger charge is -2.13. The molecule has 5 rings (SSSR count). The molecule has 142 valence electrons. The predicted octanol–water partition coefficient (Wildman–Crippen LogP) is 3.89. The van der Waals surface area contributed by atoms with Gasteiger partial charge in [0, 0.05) is 29.1 Å². The Morgan fingerprint density at radius 1 is 1.18 bits per heavy atom. The minimum Gasteiger partial charge on any atom is -0.497 e. The van der Waals surface area contributed by atoms with Gasteiger partial charge in [-0.25, -0.2) is 13.8 Å². The number of nitrogens with zero attached hydrogens (tertiary/aromatic N) is 2. The van der Waals surface area contributed by atoms with E-state index in [9.17, 15) is 13.6 Å². The normalized spacial score (nSPS) is 16.0. The summed E-state index contributed by atoms with van der Waals surface area (Å²) in [5.74, 6) is -1.52. The van der Waals surface area contributed by atoms with E-state index in [1.807, 2.05) is 0 Å². The van der Waals surface area contributed by atoms with Gasteiger partial charge in [0.2, 0.25) is 0 Å². The van der Waals surface area contributed by atoms with Crippen LogP contribution in [0.15, 0.2) is 30.3 Å². The molecule has 2 heterocycles. The molecule has 1 fully saturated rings. The number of nitrogens with two attached hydrogens (primary N) is 1. The fourth-order valence-corrected chi connectivity index (χ4v) is 3.90.